The molecule has 1 atom stereocenters. The molecule has 0 radical (unpaired) electrons. The third kappa shape index (κ3) is 3.41. The van der Waals surface area contributed by atoms with Crippen LogP contribution in [0.4, 0.5) is 0 Å². The molecule has 0 saturated carbocycles. The van der Waals surface area contributed by atoms with E-state index < -0.39 is 0 Å². The van der Waals surface area contributed by atoms with E-state index in [1.807, 2.05) is 30.3 Å². The maximum absolute atomic E-state index is 12.1. The lowest BCUT2D eigenvalue weighted by Gasteiger charge is -2.21. The van der Waals surface area contributed by atoms with Crippen LogP contribution in [-0.2, 0) is 16.0 Å². The first-order valence-electron chi connectivity index (χ1n) is 6.36. The third-order valence-electron chi connectivity index (χ3n) is 3.11. The van der Waals surface area contributed by atoms with Crippen LogP contribution in [0.5, 0.6) is 0 Å². The Kier molecular flexibility index (Phi) is 4.68. The summed E-state index contributed by atoms with van der Waals surface area (Å²) in [5, 5.41) is 0.301. The van der Waals surface area contributed by atoms with E-state index in [9.17, 15) is 4.79 Å². The summed E-state index contributed by atoms with van der Waals surface area (Å²) in [7, 11) is 0. The standard InChI is InChI=1S/C15H17NO2S/c1-2-3-9-14(17)16-13(11-18-15(16)19)10-12-7-5-4-6-8-12/h2,4-8,13H,1,3,9-11H2/t13-/m0/s1. The van der Waals surface area contributed by atoms with Crippen LogP contribution in [0.1, 0.15) is 18.4 Å². The molecule has 1 heterocycles. The van der Waals surface area contributed by atoms with Crippen molar-refractivity contribution in [3.05, 3.63) is 48.6 Å². The van der Waals surface area contributed by atoms with E-state index >= 15 is 0 Å². The van der Waals surface area contributed by atoms with Crippen molar-refractivity contribution in [2.24, 2.45) is 0 Å². The third-order valence-corrected chi connectivity index (χ3v) is 3.42. The molecular weight excluding hydrogens is 258 g/mol. The van der Waals surface area contributed by atoms with Crippen molar-refractivity contribution in [1.82, 2.24) is 4.90 Å². The maximum atomic E-state index is 12.1. The molecule has 3 nitrogen and oxygen atoms in total. The minimum atomic E-state index is 0.00668. The topological polar surface area (TPSA) is 29.5 Å². The highest BCUT2D eigenvalue weighted by Crippen LogP contribution is 2.19. The van der Waals surface area contributed by atoms with Crippen molar-refractivity contribution >= 4 is 23.3 Å². The molecule has 2 rings (SSSR count). The van der Waals surface area contributed by atoms with Gasteiger partial charge in [-0.25, -0.2) is 0 Å². The van der Waals surface area contributed by atoms with Crippen LogP contribution in [0.15, 0.2) is 43.0 Å². The summed E-state index contributed by atoms with van der Waals surface area (Å²) in [6.07, 6.45) is 3.60. The van der Waals surface area contributed by atoms with Crippen LogP contribution < -0.4 is 0 Å². The van der Waals surface area contributed by atoms with Gasteiger partial charge in [-0.05, 0) is 30.6 Å². The van der Waals surface area contributed by atoms with Gasteiger partial charge in [0.2, 0.25) is 5.91 Å². The predicted molar refractivity (Wildman–Crippen MR) is 78.8 cm³/mol. The number of ether oxygens (including phenoxy) is 1. The Balaban J connectivity index is 2.05. The number of rotatable bonds is 5. The second-order valence-electron chi connectivity index (χ2n) is 4.51. The summed E-state index contributed by atoms with van der Waals surface area (Å²) in [6, 6.07) is 10.1. The highest BCUT2D eigenvalue weighted by Gasteiger charge is 2.34. The second-order valence-corrected chi connectivity index (χ2v) is 4.86. The first kappa shape index (κ1) is 13.7. The van der Waals surface area contributed by atoms with Crippen molar-refractivity contribution < 1.29 is 9.53 Å². The van der Waals surface area contributed by atoms with E-state index in [1.54, 1.807) is 11.0 Å². The Bertz CT molecular complexity index is 472. The van der Waals surface area contributed by atoms with Crippen LogP contribution >= 0.6 is 12.2 Å². The monoisotopic (exact) mass is 275 g/mol. The Morgan fingerprint density at radius 3 is 2.89 bits per heavy atom. The molecule has 0 bridgehead atoms. The lowest BCUT2D eigenvalue weighted by Crippen LogP contribution is -2.39. The number of hydrogen-bond donors (Lipinski definition) is 0. The quantitative estimate of drug-likeness (QED) is 0.611. The molecule has 0 spiro atoms. The molecule has 19 heavy (non-hydrogen) atoms. The highest BCUT2D eigenvalue weighted by atomic mass is 32.1. The van der Waals surface area contributed by atoms with E-state index in [0.717, 1.165) is 6.42 Å². The van der Waals surface area contributed by atoms with Crippen molar-refractivity contribution in [2.45, 2.75) is 25.3 Å². The molecule has 0 aliphatic carbocycles. The molecule has 1 aromatic rings. The van der Waals surface area contributed by atoms with E-state index in [1.165, 1.54) is 5.56 Å². The molecule has 1 aliphatic heterocycles. The van der Waals surface area contributed by atoms with Crippen molar-refractivity contribution in [2.75, 3.05) is 6.61 Å². The number of benzene rings is 1. The van der Waals surface area contributed by atoms with E-state index in [0.29, 0.717) is 24.6 Å². The zero-order chi connectivity index (χ0) is 13.7. The molecule has 1 fully saturated rings. The van der Waals surface area contributed by atoms with E-state index in [4.69, 9.17) is 17.0 Å². The van der Waals surface area contributed by atoms with Gasteiger partial charge >= 0.3 is 0 Å². The number of amides is 1. The Morgan fingerprint density at radius 2 is 2.21 bits per heavy atom. The molecule has 0 N–H and O–H groups in total. The van der Waals surface area contributed by atoms with E-state index in [2.05, 4.69) is 6.58 Å². The average molecular weight is 275 g/mol. The van der Waals surface area contributed by atoms with Gasteiger partial charge in [0.1, 0.15) is 6.61 Å². The largest absolute Gasteiger partial charge is 0.468 e. The van der Waals surface area contributed by atoms with Crippen LogP contribution in [0, 0.1) is 0 Å². The smallest absolute Gasteiger partial charge is 0.266 e. The molecule has 4 heteroatoms. The molecule has 100 valence electrons. The van der Waals surface area contributed by atoms with Crippen molar-refractivity contribution in [3.63, 3.8) is 0 Å². The average Bonchev–Trinajstić information content (AvgIpc) is 2.78. The number of nitrogens with zero attached hydrogens (tertiary/aromatic N) is 1. The lowest BCUT2D eigenvalue weighted by molar-refractivity contribution is -0.128. The minimum absolute atomic E-state index is 0.00668. The molecule has 1 aromatic carbocycles. The van der Waals surface area contributed by atoms with Crippen LogP contribution in [0.25, 0.3) is 0 Å². The molecule has 1 aliphatic rings. The molecule has 0 aromatic heterocycles. The minimum Gasteiger partial charge on any atom is -0.468 e. The number of thiocarbonyl (C=S) groups is 1. The van der Waals surface area contributed by atoms with Crippen LogP contribution in [0.3, 0.4) is 0 Å². The summed E-state index contributed by atoms with van der Waals surface area (Å²) in [6.45, 7) is 4.11. The fraction of sp³-hybridized carbons (Fsp3) is 0.333. The summed E-state index contributed by atoms with van der Waals surface area (Å²) >= 11 is 5.12. The zero-order valence-corrected chi connectivity index (χ0v) is 11.6. The van der Waals surface area contributed by atoms with Gasteiger partial charge in [0.15, 0.2) is 0 Å². The lowest BCUT2D eigenvalue weighted by atomic mass is 10.1. The molecule has 0 unspecified atom stereocenters. The van der Waals surface area contributed by atoms with Gasteiger partial charge in [0.05, 0.1) is 6.04 Å². The fourth-order valence-electron chi connectivity index (χ4n) is 2.15. The molecule has 1 amide bonds. The van der Waals surface area contributed by atoms with Gasteiger partial charge in [-0.1, -0.05) is 36.4 Å². The first-order valence-corrected chi connectivity index (χ1v) is 6.77. The van der Waals surface area contributed by atoms with E-state index in [-0.39, 0.29) is 11.9 Å². The van der Waals surface area contributed by atoms with Gasteiger partial charge in [-0.15, -0.1) is 6.58 Å². The van der Waals surface area contributed by atoms with Gasteiger partial charge < -0.3 is 4.74 Å². The Hall–Kier alpha value is -1.68. The van der Waals surface area contributed by atoms with Gasteiger partial charge in [-0.2, -0.15) is 0 Å². The molecule has 1 saturated heterocycles. The number of carbonyl (C=O) groups excluding carboxylic acids is 1. The van der Waals surface area contributed by atoms with Crippen LogP contribution in [0.2, 0.25) is 0 Å². The van der Waals surface area contributed by atoms with Gasteiger partial charge in [0, 0.05) is 6.42 Å². The fourth-order valence-corrected chi connectivity index (χ4v) is 2.47. The second kappa shape index (κ2) is 6.48. The maximum Gasteiger partial charge on any atom is 0.266 e. The summed E-state index contributed by atoms with van der Waals surface area (Å²) in [5.41, 5.74) is 1.18. The van der Waals surface area contributed by atoms with Gasteiger partial charge in [0.25, 0.3) is 5.17 Å². The summed E-state index contributed by atoms with van der Waals surface area (Å²) in [5.74, 6) is 0.0170. The number of carbonyl (C=O) groups is 1. The number of allylic oxidation sites excluding steroid dienone is 1. The summed E-state index contributed by atoms with van der Waals surface area (Å²) < 4.78 is 5.36. The highest BCUT2D eigenvalue weighted by molar-refractivity contribution is 7.80. The normalized spacial score (nSPS) is 18.2. The van der Waals surface area contributed by atoms with Crippen molar-refractivity contribution in [1.29, 1.82) is 0 Å². The zero-order valence-electron chi connectivity index (χ0n) is 10.7. The SMILES string of the molecule is C=CCCC(=O)N1C(=S)OC[C@@H]1Cc1ccccc1. The Morgan fingerprint density at radius 1 is 1.47 bits per heavy atom. The number of hydrogen-bond acceptors (Lipinski definition) is 3. The van der Waals surface area contributed by atoms with Crippen LogP contribution in [-0.4, -0.2) is 28.6 Å². The van der Waals surface area contributed by atoms with Gasteiger partial charge in [-0.3, -0.25) is 9.69 Å². The molecular formula is C15H17NO2S. The predicted octanol–water partition coefficient (Wildman–Crippen LogP) is 2.71. The Labute approximate surface area is 118 Å². The first-order chi connectivity index (χ1) is 9.22. The summed E-state index contributed by atoms with van der Waals surface area (Å²) in [4.78, 5) is 13.7. The van der Waals surface area contributed by atoms with Crippen molar-refractivity contribution in [3.8, 4) is 0 Å².